The van der Waals surface area contributed by atoms with Crippen LogP contribution in [0.25, 0.3) is 0 Å². The number of carbonyl (C=O) groups excluding carboxylic acids is 2. The molecule has 3 saturated heterocycles. The normalized spacial score (nSPS) is 21.3. The molecule has 3 aliphatic heterocycles. The number of alkyl halides is 3. The van der Waals surface area contributed by atoms with Gasteiger partial charge < -0.3 is 40.7 Å². The van der Waals surface area contributed by atoms with Gasteiger partial charge in [-0.3, -0.25) is 14.5 Å². The molecule has 3 unspecified atom stereocenters. The van der Waals surface area contributed by atoms with E-state index in [2.05, 4.69) is 15.4 Å². The highest BCUT2D eigenvalue weighted by molar-refractivity contribution is 6.08. The molecular weight excluding hydrogens is 573 g/mol. The minimum Gasteiger partial charge on any atom is -0.465 e. The Labute approximate surface area is 245 Å². The van der Waals surface area contributed by atoms with E-state index in [0.717, 1.165) is 24.6 Å². The zero-order chi connectivity index (χ0) is 30.9. The maximum absolute atomic E-state index is 13.1. The van der Waals surface area contributed by atoms with Crippen molar-refractivity contribution in [2.75, 3.05) is 60.5 Å². The lowest BCUT2D eigenvalue weighted by Gasteiger charge is -2.35. The third kappa shape index (κ3) is 7.22. The zero-order valence-corrected chi connectivity index (χ0v) is 23.4. The van der Waals surface area contributed by atoms with Crippen LogP contribution >= 0.6 is 0 Å². The molecule has 0 saturated carbocycles. The third-order valence-corrected chi connectivity index (χ3v) is 7.92. The second-order valence-corrected chi connectivity index (χ2v) is 10.8. The van der Waals surface area contributed by atoms with E-state index in [9.17, 15) is 27.6 Å². The summed E-state index contributed by atoms with van der Waals surface area (Å²) < 4.78 is 49.3. The molecule has 3 amide bonds. The molecule has 3 fully saturated rings. The summed E-state index contributed by atoms with van der Waals surface area (Å²) >= 11 is 0. The number of ether oxygens (including phenoxy) is 2. The van der Waals surface area contributed by atoms with E-state index >= 15 is 0 Å². The summed E-state index contributed by atoms with van der Waals surface area (Å²) in [5.74, 6) is -1.76. The Balaban J connectivity index is 1.28. The van der Waals surface area contributed by atoms with Crippen LogP contribution in [0.4, 0.5) is 40.7 Å². The number of rotatable bonds is 7. The molecule has 3 aliphatic rings. The standard InChI is InChI=1S/C28H33F3N6O6/c1-16(37-14-19-4-5-20(15-37)42-19)25(38)34-23-12-17(2-7-24(23)43-28(29,30)31)33-26(39)21-6-3-18(13-22(21)32)35-8-10-36(11-9-35)27(40)41/h2-3,6-7,12-13,16,19-20H,4-5,8-11,14-15,32H2,1H3,(H,33,39)(H,34,38)(H,40,41). The largest absolute Gasteiger partial charge is 0.573 e. The van der Waals surface area contributed by atoms with Crippen LogP contribution in [0.1, 0.15) is 30.1 Å². The van der Waals surface area contributed by atoms with Gasteiger partial charge in [0.25, 0.3) is 5.91 Å². The molecule has 5 N–H and O–H groups in total. The Morgan fingerprint density at radius 3 is 2.30 bits per heavy atom. The highest BCUT2D eigenvalue weighted by Gasteiger charge is 2.38. The van der Waals surface area contributed by atoms with Crippen LogP contribution in [0.3, 0.4) is 0 Å². The van der Waals surface area contributed by atoms with E-state index in [1.165, 1.54) is 23.1 Å². The summed E-state index contributed by atoms with van der Waals surface area (Å²) in [6.45, 7) is 4.35. The van der Waals surface area contributed by atoms with Gasteiger partial charge in [0.2, 0.25) is 5.91 Å². The number of nitrogens with zero attached hydrogens (tertiary/aromatic N) is 3. The number of nitrogens with one attached hydrogen (secondary N) is 2. The molecule has 3 heterocycles. The van der Waals surface area contributed by atoms with Gasteiger partial charge >= 0.3 is 12.5 Å². The van der Waals surface area contributed by atoms with Crippen molar-refractivity contribution in [2.24, 2.45) is 0 Å². The molecule has 2 bridgehead atoms. The van der Waals surface area contributed by atoms with Gasteiger partial charge in [0.1, 0.15) is 0 Å². The first kappa shape index (κ1) is 30.2. The number of fused-ring (bicyclic) bond motifs is 2. The monoisotopic (exact) mass is 606 g/mol. The number of hydrogen-bond acceptors (Lipinski definition) is 8. The lowest BCUT2D eigenvalue weighted by molar-refractivity contribution is -0.274. The van der Waals surface area contributed by atoms with E-state index in [1.807, 2.05) is 9.80 Å². The summed E-state index contributed by atoms with van der Waals surface area (Å²) in [6, 6.07) is 7.60. The lowest BCUT2D eigenvalue weighted by atomic mass is 10.1. The van der Waals surface area contributed by atoms with Crippen molar-refractivity contribution in [1.82, 2.24) is 9.80 Å². The average molecular weight is 607 g/mol. The Morgan fingerprint density at radius 1 is 1.02 bits per heavy atom. The molecule has 2 aromatic rings. The number of piperazine rings is 1. The van der Waals surface area contributed by atoms with Crippen LogP contribution in [0.15, 0.2) is 36.4 Å². The SMILES string of the molecule is CC(C(=O)Nc1cc(NC(=O)c2ccc(N3CCN(C(=O)O)CC3)cc2N)ccc1OC(F)(F)F)N1CC2CCC(C1)O2. The average Bonchev–Trinajstić information content (AvgIpc) is 3.30. The van der Waals surface area contributed by atoms with Crippen LogP contribution in [0.2, 0.25) is 0 Å². The van der Waals surface area contributed by atoms with Gasteiger partial charge in [0.15, 0.2) is 5.75 Å². The molecule has 0 aliphatic carbocycles. The fourth-order valence-corrected chi connectivity index (χ4v) is 5.59. The minimum atomic E-state index is -5.00. The lowest BCUT2D eigenvalue weighted by Crippen LogP contribution is -2.51. The molecule has 3 atom stereocenters. The number of anilines is 4. The number of morpholine rings is 1. The summed E-state index contributed by atoms with van der Waals surface area (Å²) in [5.41, 5.74) is 7.04. The molecule has 12 nitrogen and oxygen atoms in total. The summed E-state index contributed by atoms with van der Waals surface area (Å²) in [6.07, 6.45) is -4.13. The number of nitrogens with two attached hydrogens (primary N) is 1. The first-order valence-corrected chi connectivity index (χ1v) is 13.9. The van der Waals surface area contributed by atoms with Crippen molar-refractivity contribution in [1.29, 1.82) is 0 Å². The van der Waals surface area contributed by atoms with Crippen LogP contribution in [-0.2, 0) is 9.53 Å². The van der Waals surface area contributed by atoms with Crippen LogP contribution < -0.4 is 26.0 Å². The van der Waals surface area contributed by atoms with E-state index in [1.54, 1.807) is 19.1 Å². The highest BCUT2D eigenvalue weighted by Crippen LogP contribution is 2.34. The Morgan fingerprint density at radius 2 is 1.70 bits per heavy atom. The molecule has 2 aromatic carbocycles. The van der Waals surface area contributed by atoms with E-state index in [4.69, 9.17) is 15.6 Å². The number of nitrogen functional groups attached to an aromatic ring is 1. The molecule has 43 heavy (non-hydrogen) atoms. The molecule has 0 aromatic heterocycles. The maximum atomic E-state index is 13.1. The molecule has 5 rings (SSSR count). The fraction of sp³-hybridized carbons (Fsp3) is 0.464. The summed E-state index contributed by atoms with van der Waals surface area (Å²) in [4.78, 5) is 42.5. The van der Waals surface area contributed by atoms with Crippen molar-refractivity contribution in [3.8, 4) is 5.75 Å². The van der Waals surface area contributed by atoms with Gasteiger partial charge in [0.05, 0.1) is 29.5 Å². The van der Waals surface area contributed by atoms with E-state index in [0.29, 0.717) is 39.3 Å². The Kier molecular flexibility index (Phi) is 8.55. The van der Waals surface area contributed by atoms with Gasteiger partial charge in [-0.1, -0.05) is 0 Å². The molecule has 232 valence electrons. The first-order valence-electron chi connectivity index (χ1n) is 13.9. The zero-order valence-electron chi connectivity index (χ0n) is 23.4. The number of hydrogen-bond donors (Lipinski definition) is 4. The number of likely N-dealkylation sites (tertiary alicyclic amines) is 1. The van der Waals surface area contributed by atoms with Crippen LogP contribution in [-0.4, -0.2) is 96.7 Å². The maximum Gasteiger partial charge on any atom is 0.573 e. The summed E-state index contributed by atoms with van der Waals surface area (Å²) in [5, 5.41) is 14.3. The fourth-order valence-electron chi connectivity index (χ4n) is 5.59. The van der Waals surface area contributed by atoms with Crippen LogP contribution in [0, 0.1) is 0 Å². The smallest absolute Gasteiger partial charge is 0.465 e. The van der Waals surface area contributed by atoms with Gasteiger partial charge in [-0.2, -0.15) is 0 Å². The highest BCUT2D eigenvalue weighted by atomic mass is 19.4. The molecule has 0 radical (unpaired) electrons. The number of benzene rings is 2. The second-order valence-electron chi connectivity index (χ2n) is 10.8. The Hall–Kier alpha value is -4.24. The number of halogens is 3. The first-order chi connectivity index (χ1) is 20.4. The number of carboxylic acid groups (broad SMARTS) is 1. The van der Waals surface area contributed by atoms with Crippen molar-refractivity contribution in [3.63, 3.8) is 0 Å². The van der Waals surface area contributed by atoms with Gasteiger partial charge in [-0.25, -0.2) is 4.79 Å². The Bertz CT molecular complexity index is 1370. The molecular formula is C28H33F3N6O6. The van der Waals surface area contributed by atoms with Gasteiger partial charge in [-0.05, 0) is 56.2 Å². The number of amides is 3. The van der Waals surface area contributed by atoms with Crippen molar-refractivity contribution >= 4 is 40.7 Å². The van der Waals surface area contributed by atoms with Crippen molar-refractivity contribution < 1.29 is 42.1 Å². The minimum absolute atomic E-state index is 0.0281. The predicted octanol–water partition coefficient (Wildman–Crippen LogP) is 3.41. The molecule has 0 spiro atoms. The number of carbonyl (C=O) groups is 3. The quantitative estimate of drug-likeness (QED) is 0.348. The second kappa shape index (κ2) is 12.2. The van der Waals surface area contributed by atoms with Gasteiger partial charge in [-0.15, -0.1) is 13.2 Å². The van der Waals surface area contributed by atoms with Crippen molar-refractivity contribution in [3.05, 3.63) is 42.0 Å². The predicted molar refractivity (Wildman–Crippen MR) is 151 cm³/mol. The van der Waals surface area contributed by atoms with E-state index in [-0.39, 0.29) is 34.8 Å². The van der Waals surface area contributed by atoms with E-state index < -0.39 is 36.1 Å². The van der Waals surface area contributed by atoms with Crippen LogP contribution in [0.5, 0.6) is 5.75 Å². The third-order valence-electron chi connectivity index (χ3n) is 7.92. The topological polar surface area (TPSA) is 150 Å². The van der Waals surface area contributed by atoms with Gasteiger partial charge in [0, 0.05) is 56.3 Å². The summed E-state index contributed by atoms with van der Waals surface area (Å²) in [7, 11) is 0. The molecule has 15 heteroatoms. The van der Waals surface area contributed by atoms with Crippen molar-refractivity contribution in [2.45, 2.75) is 44.4 Å².